The van der Waals surface area contributed by atoms with Crippen molar-refractivity contribution in [3.05, 3.63) is 75.8 Å². The van der Waals surface area contributed by atoms with E-state index in [1.165, 1.54) is 0 Å². The number of ether oxygens (including phenoxy) is 1. The predicted molar refractivity (Wildman–Crippen MR) is 98.3 cm³/mol. The molecule has 1 unspecified atom stereocenters. The maximum atomic E-state index is 10.6. The molecule has 23 heavy (non-hydrogen) atoms. The largest absolute Gasteiger partial charge is 0.483 e. The Morgan fingerprint density at radius 3 is 2.65 bits per heavy atom. The number of aliphatic hydroxyl groups is 1. The molecule has 1 atom stereocenters. The summed E-state index contributed by atoms with van der Waals surface area (Å²) in [6, 6.07) is 13.8. The first kappa shape index (κ1) is 16.0. The van der Waals surface area contributed by atoms with Gasteiger partial charge in [-0.3, -0.25) is 0 Å². The van der Waals surface area contributed by atoms with Gasteiger partial charge in [0.15, 0.2) is 0 Å². The lowest BCUT2D eigenvalue weighted by Gasteiger charge is -2.30. The predicted octanol–water partition coefficient (Wildman–Crippen LogP) is 5.38. The van der Waals surface area contributed by atoms with Crippen LogP contribution in [-0.2, 0) is 0 Å². The highest BCUT2D eigenvalue weighted by atomic mass is 79.9. The second kappa shape index (κ2) is 6.34. The average Bonchev–Trinajstić information content (AvgIpc) is 2.53. The molecule has 0 fully saturated rings. The summed E-state index contributed by atoms with van der Waals surface area (Å²) in [4.78, 5) is 0. The fourth-order valence-corrected chi connectivity index (χ4v) is 3.05. The van der Waals surface area contributed by atoms with Crippen molar-refractivity contribution in [2.45, 2.75) is 25.6 Å². The highest BCUT2D eigenvalue weighted by molar-refractivity contribution is 9.10. The minimum atomic E-state index is -0.733. The van der Waals surface area contributed by atoms with Crippen LogP contribution in [-0.4, -0.2) is 10.7 Å². The van der Waals surface area contributed by atoms with Crippen LogP contribution in [0.3, 0.4) is 0 Å². The third kappa shape index (κ3) is 3.74. The summed E-state index contributed by atoms with van der Waals surface area (Å²) in [6.45, 7) is 4.01. The number of hydrogen-bond donors (Lipinski definition) is 1. The van der Waals surface area contributed by atoms with E-state index >= 15 is 0 Å². The van der Waals surface area contributed by atoms with Crippen LogP contribution in [0.5, 0.6) is 5.75 Å². The summed E-state index contributed by atoms with van der Waals surface area (Å²) in [7, 11) is 0. The van der Waals surface area contributed by atoms with Crippen molar-refractivity contribution in [2.75, 3.05) is 0 Å². The van der Waals surface area contributed by atoms with E-state index < -0.39 is 6.10 Å². The molecule has 118 valence electrons. The molecule has 2 aromatic carbocycles. The maximum absolute atomic E-state index is 10.6. The van der Waals surface area contributed by atoms with E-state index in [-0.39, 0.29) is 5.60 Å². The molecule has 0 bridgehead atoms. The van der Waals surface area contributed by atoms with E-state index in [9.17, 15) is 5.11 Å². The van der Waals surface area contributed by atoms with E-state index in [1.54, 1.807) is 6.08 Å². The highest BCUT2D eigenvalue weighted by Gasteiger charge is 2.26. The van der Waals surface area contributed by atoms with E-state index in [0.29, 0.717) is 0 Å². The van der Waals surface area contributed by atoms with E-state index in [2.05, 4.69) is 15.9 Å². The van der Waals surface area contributed by atoms with Crippen molar-refractivity contribution in [1.29, 1.82) is 0 Å². The number of benzene rings is 2. The Hall–Kier alpha value is -1.84. The van der Waals surface area contributed by atoms with Crippen molar-refractivity contribution < 1.29 is 9.84 Å². The SMILES string of the molecule is CC1(C)C=Cc2cc(Br)cc(C(O)C=Cc3ccccc3)c2O1. The second-order valence-electron chi connectivity index (χ2n) is 6.17. The van der Waals surface area contributed by atoms with Crippen molar-refractivity contribution in [2.24, 2.45) is 0 Å². The van der Waals surface area contributed by atoms with E-state index in [4.69, 9.17) is 4.74 Å². The van der Waals surface area contributed by atoms with Crippen molar-refractivity contribution >= 4 is 28.1 Å². The minimum Gasteiger partial charge on any atom is -0.483 e. The highest BCUT2D eigenvalue weighted by Crippen LogP contribution is 2.39. The summed E-state index contributed by atoms with van der Waals surface area (Å²) in [5, 5.41) is 10.6. The summed E-state index contributed by atoms with van der Waals surface area (Å²) >= 11 is 3.51. The van der Waals surface area contributed by atoms with E-state index in [1.807, 2.05) is 74.5 Å². The molecular weight excluding hydrogens is 352 g/mol. The molecule has 0 amide bonds. The zero-order chi connectivity index (χ0) is 16.4. The van der Waals surface area contributed by atoms with Crippen molar-refractivity contribution in [1.82, 2.24) is 0 Å². The number of aliphatic hydroxyl groups excluding tert-OH is 1. The Labute approximate surface area is 145 Å². The van der Waals surface area contributed by atoms with Gasteiger partial charge in [0, 0.05) is 15.6 Å². The van der Waals surface area contributed by atoms with Crippen LogP contribution in [0.2, 0.25) is 0 Å². The lowest BCUT2D eigenvalue weighted by atomic mass is 9.97. The lowest BCUT2D eigenvalue weighted by molar-refractivity contribution is 0.148. The van der Waals surface area contributed by atoms with Gasteiger partial charge in [-0.1, -0.05) is 64.5 Å². The van der Waals surface area contributed by atoms with Gasteiger partial charge in [-0.2, -0.15) is 0 Å². The van der Waals surface area contributed by atoms with Gasteiger partial charge in [0.25, 0.3) is 0 Å². The van der Waals surface area contributed by atoms with Gasteiger partial charge >= 0.3 is 0 Å². The Morgan fingerprint density at radius 1 is 1.17 bits per heavy atom. The zero-order valence-corrected chi connectivity index (χ0v) is 14.7. The number of rotatable bonds is 3. The minimum absolute atomic E-state index is 0.377. The topological polar surface area (TPSA) is 29.5 Å². The summed E-state index contributed by atoms with van der Waals surface area (Å²) < 4.78 is 7.00. The molecule has 3 heteroatoms. The molecule has 2 nitrogen and oxygen atoms in total. The summed E-state index contributed by atoms with van der Waals surface area (Å²) in [6.07, 6.45) is 7.04. The van der Waals surface area contributed by atoms with Crippen LogP contribution in [0.15, 0.2) is 59.1 Å². The Morgan fingerprint density at radius 2 is 1.91 bits per heavy atom. The molecular formula is C20H19BrO2. The van der Waals surface area contributed by atoms with Crippen LogP contribution in [0, 0.1) is 0 Å². The van der Waals surface area contributed by atoms with Gasteiger partial charge in [0.1, 0.15) is 17.5 Å². The van der Waals surface area contributed by atoms with Crippen LogP contribution >= 0.6 is 15.9 Å². The van der Waals surface area contributed by atoms with Crippen molar-refractivity contribution in [3.8, 4) is 5.75 Å². The van der Waals surface area contributed by atoms with Gasteiger partial charge in [-0.25, -0.2) is 0 Å². The number of halogens is 1. The first-order valence-electron chi connectivity index (χ1n) is 7.58. The fraction of sp³-hybridized carbons (Fsp3) is 0.200. The molecule has 0 aromatic heterocycles. The maximum Gasteiger partial charge on any atom is 0.134 e. The fourth-order valence-electron chi connectivity index (χ4n) is 2.56. The number of hydrogen-bond acceptors (Lipinski definition) is 2. The molecule has 0 aliphatic carbocycles. The number of fused-ring (bicyclic) bond motifs is 1. The van der Waals surface area contributed by atoms with Gasteiger partial charge < -0.3 is 9.84 Å². The van der Waals surface area contributed by atoms with Crippen LogP contribution < -0.4 is 4.74 Å². The molecule has 2 aromatic rings. The van der Waals surface area contributed by atoms with Gasteiger partial charge in [0.2, 0.25) is 0 Å². The van der Waals surface area contributed by atoms with Crippen LogP contribution in [0.1, 0.15) is 36.6 Å². The first-order valence-corrected chi connectivity index (χ1v) is 8.37. The summed E-state index contributed by atoms with van der Waals surface area (Å²) in [5.41, 5.74) is 2.41. The van der Waals surface area contributed by atoms with Gasteiger partial charge in [-0.15, -0.1) is 0 Å². The molecule has 0 saturated heterocycles. The molecule has 3 rings (SSSR count). The Balaban J connectivity index is 1.95. The Bertz CT molecular complexity index is 761. The average molecular weight is 371 g/mol. The monoisotopic (exact) mass is 370 g/mol. The third-order valence-electron chi connectivity index (χ3n) is 3.73. The molecule has 1 N–H and O–H groups in total. The quantitative estimate of drug-likeness (QED) is 0.785. The molecule has 1 aliphatic heterocycles. The standard InChI is InChI=1S/C20H19BrO2/c1-20(2)11-10-15-12-16(21)13-17(19(15)23-20)18(22)9-8-14-6-4-3-5-7-14/h3-13,18,22H,1-2H3. The second-order valence-corrected chi connectivity index (χ2v) is 7.08. The molecule has 0 spiro atoms. The molecule has 0 radical (unpaired) electrons. The van der Waals surface area contributed by atoms with Gasteiger partial charge in [-0.05, 0) is 37.6 Å². The van der Waals surface area contributed by atoms with Crippen LogP contribution in [0.25, 0.3) is 12.2 Å². The smallest absolute Gasteiger partial charge is 0.134 e. The third-order valence-corrected chi connectivity index (χ3v) is 4.19. The van der Waals surface area contributed by atoms with Gasteiger partial charge in [0.05, 0.1) is 0 Å². The molecule has 1 heterocycles. The molecule has 0 saturated carbocycles. The summed E-state index contributed by atoms with van der Waals surface area (Å²) in [5.74, 6) is 0.742. The van der Waals surface area contributed by atoms with Crippen molar-refractivity contribution in [3.63, 3.8) is 0 Å². The normalized spacial score (nSPS) is 16.9. The Kier molecular flexibility index (Phi) is 4.42. The lowest BCUT2D eigenvalue weighted by Crippen LogP contribution is -2.28. The van der Waals surface area contributed by atoms with E-state index in [0.717, 1.165) is 26.9 Å². The zero-order valence-electron chi connectivity index (χ0n) is 13.2. The van der Waals surface area contributed by atoms with Crippen LogP contribution in [0.4, 0.5) is 0 Å². The molecule has 1 aliphatic rings. The first-order chi connectivity index (χ1) is 10.9.